The molecule has 0 unspecified atom stereocenters. The number of halogens is 3. The summed E-state index contributed by atoms with van der Waals surface area (Å²) in [6.07, 6.45) is -3.31. The fraction of sp³-hybridized carbons (Fsp3) is 0.0714. The average molecular weight is 370 g/mol. The molecule has 7 nitrogen and oxygen atoms in total. The summed E-state index contributed by atoms with van der Waals surface area (Å²) in [5, 5.41) is 10.6. The zero-order chi connectivity index (χ0) is 18.1. The lowest BCUT2D eigenvalue weighted by atomic mass is 10.2. The molecule has 0 aliphatic carbocycles. The summed E-state index contributed by atoms with van der Waals surface area (Å²) in [6, 6.07) is 8.98. The molecule has 0 bridgehead atoms. The second-order valence-corrected chi connectivity index (χ2v) is 6.36. The first kappa shape index (κ1) is 16.9. The monoisotopic (exact) mass is 370 g/mol. The van der Waals surface area contributed by atoms with Gasteiger partial charge in [0.25, 0.3) is 0 Å². The van der Waals surface area contributed by atoms with Gasteiger partial charge in [0.1, 0.15) is 17.0 Å². The van der Waals surface area contributed by atoms with Gasteiger partial charge in [0, 0.05) is 0 Å². The summed E-state index contributed by atoms with van der Waals surface area (Å²) < 4.78 is 68.7. The number of aromatic nitrogens is 4. The van der Waals surface area contributed by atoms with Crippen LogP contribution in [0.3, 0.4) is 0 Å². The van der Waals surface area contributed by atoms with Gasteiger partial charge in [-0.15, -0.1) is 5.10 Å². The molecule has 0 atom stereocenters. The lowest BCUT2D eigenvalue weighted by Crippen LogP contribution is -2.12. The van der Waals surface area contributed by atoms with Crippen molar-refractivity contribution in [3.63, 3.8) is 0 Å². The van der Waals surface area contributed by atoms with Crippen LogP contribution >= 0.6 is 0 Å². The molecule has 3 rings (SSSR count). The molecule has 0 saturated carbocycles. The molecule has 25 heavy (non-hydrogen) atoms. The number of hydrogen-bond donors (Lipinski definition) is 0. The molecule has 3 aromatic rings. The van der Waals surface area contributed by atoms with Gasteiger partial charge in [-0.3, -0.25) is 0 Å². The predicted octanol–water partition coefficient (Wildman–Crippen LogP) is 2.45. The fourth-order valence-electron chi connectivity index (χ4n) is 1.94. The highest BCUT2D eigenvalue weighted by Crippen LogP contribution is 2.31. The van der Waals surface area contributed by atoms with Gasteiger partial charge in [-0.2, -0.15) is 21.6 Å². The lowest BCUT2D eigenvalue weighted by molar-refractivity contribution is -0.137. The van der Waals surface area contributed by atoms with Crippen LogP contribution in [0.4, 0.5) is 13.2 Å². The highest BCUT2D eigenvalue weighted by molar-refractivity contribution is 7.87. The molecule has 0 amide bonds. The molecule has 0 saturated heterocycles. The molecule has 0 radical (unpaired) electrons. The number of alkyl halides is 3. The molecule has 1 aromatic heterocycles. The van der Waals surface area contributed by atoms with E-state index in [-0.39, 0.29) is 5.75 Å². The summed E-state index contributed by atoms with van der Waals surface area (Å²) in [4.78, 5) is -0.591. The third-order valence-electron chi connectivity index (χ3n) is 3.11. The molecule has 11 heteroatoms. The number of tetrazole rings is 1. The van der Waals surface area contributed by atoms with Crippen molar-refractivity contribution in [2.24, 2.45) is 0 Å². The number of rotatable bonds is 4. The van der Waals surface area contributed by atoms with E-state index >= 15 is 0 Å². The Morgan fingerprint density at radius 3 is 2.36 bits per heavy atom. The molecule has 0 fully saturated rings. The van der Waals surface area contributed by atoms with Crippen LogP contribution in [-0.2, 0) is 16.3 Å². The van der Waals surface area contributed by atoms with Gasteiger partial charge in [-0.05, 0) is 52.9 Å². The van der Waals surface area contributed by atoms with Crippen LogP contribution in [0, 0.1) is 0 Å². The van der Waals surface area contributed by atoms with Crippen LogP contribution in [0.1, 0.15) is 5.56 Å². The quantitative estimate of drug-likeness (QED) is 0.656. The van der Waals surface area contributed by atoms with E-state index < -0.39 is 26.8 Å². The van der Waals surface area contributed by atoms with Crippen LogP contribution in [0.2, 0.25) is 0 Å². The first-order valence-electron chi connectivity index (χ1n) is 6.71. The summed E-state index contributed by atoms with van der Waals surface area (Å²) in [5.41, 5.74) is -0.528. The zero-order valence-corrected chi connectivity index (χ0v) is 13.1. The van der Waals surface area contributed by atoms with Crippen LogP contribution in [0.15, 0.2) is 59.8 Å². The molecule has 130 valence electrons. The van der Waals surface area contributed by atoms with Gasteiger partial charge in [0.15, 0.2) is 0 Å². The maximum absolute atomic E-state index is 12.7. The van der Waals surface area contributed by atoms with Gasteiger partial charge in [0.05, 0.1) is 11.3 Å². The van der Waals surface area contributed by atoms with E-state index in [4.69, 9.17) is 4.18 Å². The Morgan fingerprint density at radius 2 is 1.76 bits per heavy atom. The molecule has 0 N–H and O–H groups in total. The second kappa shape index (κ2) is 6.16. The first-order chi connectivity index (χ1) is 11.8. The highest BCUT2D eigenvalue weighted by atomic mass is 32.2. The minimum absolute atomic E-state index is 0.0609. The summed E-state index contributed by atoms with van der Waals surface area (Å²) in [6.45, 7) is 0. The number of benzene rings is 2. The number of nitrogens with zero attached hydrogens (tertiary/aromatic N) is 4. The van der Waals surface area contributed by atoms with Gasteiger partial charge >= 0.3 is 16.3 Å². The zero-order valence-electron chi connectivity index (χ0n) is 12.3. The van der Waals surface area contributed by atoms with Crippen molar-refractivity contribution in [1.29, 1.82) is 0 Å². The van der Waals surface area contributed by atoms with E-state index in [0.717, 1.165) is 18.2 Å². The fourth-order valence-corrected chi connectivity index (χ4v) is 2.91. The summed E-state index contributed by atoms with van der Waals surface area (Å²) >= 11 is 0. The Balaban J connectivity index is 1.84. The Kier molecular flexibility index (Phi) is 4.17. The van der Waals surface area contributed by atoms with E-state index in [1.807, 2.05) is 0 Å². The third-order valence-corrected chi connectivity index (χ3v) is 4.35. The minimum atomic E-state index is -4.65. The Hall–Kier alpha value is -2.95. The van der Waals surface area contributed by atoms with E-state index in [1.165, 1.54) is 35.3 Å². The van der Waals surface area contributed by atoms with Gasteiger partial charge in [-0.25, -0.2) is 4.68 Å². The van der Waals surface area contributed by atoms with E-state index in [9.17, 15) is 21.6 Å². The molecular weight excluding hydrogens is 361 g/mol. The van der Waals surface area contributed by atoms with Crippen molar-refractivity contribution in [2.75, 3.05) is 0 Å². The molecular formula is C14H9F3N4O3S. The van der Waals surface area contributed by atoms with Crippen molar-refractivity contribution in [1.82, 2.24) is 20.2 Å². The smallest absolute Gasteiger partial charge is 0.379 e. The minimum Gasteiger partial charge on any atom is -0.379 e. The van der Waals surface area contributed by atoms with Crippen LogP contribution < -0.4 is 4.18 Å². The predicted molar refractivity (Wildman–Crippen MR) is 78.4 cm³/mol. The molecule has 0 aliphatic rings. The van der Waals surface area contributed by atoms with E-state index in [2.05, 4.69) is 15.5 Å². The maximum atomic E-state index is 12.7. The van der Waals surface area contributed by atoms with Crippen molar-refractivity contribution in [3.8, 4) is 11.4 Å². The summed E-state index contributed by atoms with van der Waals surface area (Å²) in [7, 11) is -4.41. The van der Waals surface area contributed by atoms with E-state index in [1.54, 1.807) is 0 Å². The highest BCUT2D eigenvalue weighted by Gasteiger charge is 2.32. The average Bonchev–Trinajstić information content (AvgIpc) is 3.09. The van der Waals surface area contributed by atoms with Gasteiger partial charge in [0.2, 0.25) is 0 Å². The van der Waals surface area contributed by atoms with Crippen LogP contribution in [0.25, 0.3) is 5.69 Å². The van der Waals surface area contributed by atoms with Crippen molar-refractivity contribution < 1.29 is 25.8 Å². The van der Waals surface area contributed by atoms with Crippen molar-refractivity contribution >= 4 is 10.1 Å². The summed E-state index contributed by atoms with van der Waals surface area (Å²) in [5.74, 6) is -0.0609. The normalized spacial score (nSPS) is 12.1. The third kappa shape index (κ3) is 3.76. The van der Waals surface area contributed by atoms with Gasteiger partial charge in [-0.1, -0.05) is 6.07 Å². The van der Waals surface area contributed by atoms with Gasteiger partial charge < -0.3 is 4.18 Å². The lowest BCUT2D eigenvalue weighted by Gasteiger charge is -2.10. The van der Waals surface area contributed by atoms with Crippen LogP contribution in [-0.4, -0.2) is 28.6 Å². The second-order valence-electron chi connectivity index (χ2n) is 4.81. The number of hydrogen-bond acceptors (Lipinski definition) is 6. The van der Waals surface area contributed by atoms with Crippen molar-refractivity contribution in [3.05, 3.63) is 60.4 Å². The standard InChI is InChI=1S/C14H9F3N4O3S/c15-14(16,17)10-2-1-3-13(8-10)25(22,23)24-12-6-4-11(5-7-12)21-9-18-19-20-21/h1-9H. The SMILES string of the molecule is O=S(=O)(Oc1ccc(-n2cnnn2)cc1)c1cccc(C(F)(F)F)c1. The van der Waals surface area contributed by atoms with E-state index in [0.29, 0.717) is 11.8 Å². The molecule has 0 spiro atoms. The van der Waals surface area contributed by atoms with Crippen molar-refractivity contribution in [2.45, 2.75) is 11.1 Å². The Morgan fingerprint density at radius 1 is 1.04 bits per heavy atom. The first-order valence-corrected chi connectivity index (χ1v) is 8.12. The Bertz CT molecular complexity index is 971. The Labute approximate surface area is 139 Å². The maximum Gasteiger partial charge on any atom is 0.416 e. The largest absolute Gasteiger partial charge is 0.416 e. The topological polar surface area (TPSA) is 87.0 Å². The molecule has 0 aliphatic heterocycles. The van der Waals surface area contributed by atoms with Crippen LogP contribution in [0.5, 0.6) is 5.75 Å². The molecule has 2 aromatic carbocycles. The molecule has 1 heterocycles.